The van der Waals surface area contributed by atoms with Crippen LogP contribution in [0, 0.1) is 6.92 Å². The normalized spacial score (nSPS) is 13.8. The van der Waals surface area contributed by atoms with Crippen molar-refractivity contribution >= 4 is 17.2 Å². The average molecular weight is 333 g/mol. The van der Waals surface area contributed by atoms with Crippen molar-refractivity contribution in [2.75, 3.05) is 26.7 Å². The number of para-hydroxylation sites is 1. The van der Waals surface area contributed by atoms with Gasteiger partial charge in [-0.25, -0.2) is 0 Å². The Morgan fingerprint density at radius 1 is 1.12 bits per heavy atom. The number of fused-ring (bicyclic) bond motifs is 1. The molecule has 0 saturated heterocycles. The van der Waals surface area contributed by atoms with Crippen LogP contribution in [0.3, 0.4) is 0 Å². The summed E-state index contributed by atoms with van der Waals surface area (Å²) in [5, 5.41) is 1.24. The Hall–Kier alpha value is -2.75. The summed E-state index contributed by atoms with van der Waals surface area (Å²) in [4.78, 5) is 10.1. The van der Waals surface area contributed by atoms with Gasteiger partial charge in [0.05, 0.1) is 20.0 Å². The van der Waals surface area contributed by atoms with Crippen LogP contribution in [0.15, 0.2) is 47.5 Å². The van der Waals surface area contributed by atoms with Crippen molar-refractivity contribution in [2.45, 2.75) is 13.3 Å². The van der Waals surface area contributed by atoms with Gasteiger partial charge < -0.3 is 14.6 Å². The number of aryl methyl sites for hydroxylation is 1. The Bertz CT molecular complexity index is 926. The van der Waals surface area contributed by atoms with Crippen LogP contribution in [0.4, 0.5) is 0 Å². The first-order valence-electron chi connectivity index (χ1n) is 8.75. The molecular weight excluding hydrogens is 310 g/mol. The van der Waals surface area contributed by atoms with E-state index in [4.69, 9.17) is 4.74 Å². The quantitative estimate of drug-likeness (QED) is 0.765. The van der Waals surface area contributed by atoms with E-state index in [2.05, 4.69) is 64.3 Å². The molecule has 0 spiro atoms. The summed E-state index contributed by atoms with van der Waals surface area (Å²) in [6.45, 7) is 5.04. The average Bonchev–Trinajstić information content (AvgIpc) is 3.26. The van der Waals surface area contributed by atoms with E-state index in [0.717, 1.165) is 31.8 Å². The third kappa shape index (κ3) is 2.88. The van der Waals surface area contributed by atoms with Crippen LogP contribution in [0.5, 0.6) is 5.75 Å². The molecule has 128 valence electrons. The zero-order chi connectivity index (χ0) is 17.2. The van der Waals surface area contributed by atoms with Gasteiger partial charge in [-0.2, -0.15) is 0 Å². The zero-order valence-electron chi connectivity index (χ0n) is 14.7. The SMILES string of the molecule is COc1cccc(CCN2C=NCC2)c1-c1c(C)[nH]c2ccccc12. The fourth-order valence-corrected chi connectivity index (χ4v) is 3.69. The number of aromatic amines is 1. The summed E-state index contributed by atoms with van der Waals surface area (Å²) in [6.07, 6.45) is 2.94. The number of hydrogen-bond donors (Lipinski definition) is 1. The molecule has 2 aromatic carbocycles. The molecule has 0 amide bonds. The smallest absolute Gasteiger partial charge is 0.127 e. The highest BCUT2D eigenvalue weighted by atomic mass is 16.5. The monoisotopic (exact) mass is 333 g/mol. The molecule has 0 fully saturated rings. The van der Waals surface area contributed by atoms with E-state index in [9.17, 15) is 0 Å². The molecule has 1 aliphatic rings. The maximum Gasteiger partial charge on any atom is 0.127 e. The van der Waals surface area contributed by atoms with Crippen LogP contribution in [0.1, 0.15) is 11.3 Å². The van der Waals surface area contributed by atoms with Gasteiger partial charge in [-0.3, -0.25) is 4.99 Å². The Labute approximate surface area is 148 Å². The predicted octanol–water partition coefficient (Wildman–Crippen LogP) is 4.04. The lowest BCUT2D eigenvalue weighted by Crippen LogP contribution is -2.22. The molecule has 1 N–H and O–H groups in total. The first-order valence-corrected chi connectivity index (χ1v) is 8.75. The maximum absolute atomic E-state index is 5.73. The number of hydrogen-bond acceptors (Lipinski definition) is 3. The predicted molar refractivity (Wildman–Crippen MR) is 104 cm³/mol. The topological polar surface area (TPSA) is 40.6 Å². The molecule has 0 saturated carbocycles. The molecule has 4 nitrogen and oxygen atoms in total. The van der Waals surface area contributed by atoms with Crippen molar-refractivity contribution in [3.8, 4) is 16.9 Å². The summed E-state index contributed by atoms with van der Waals surface area (Å²) in [7, 11) is 1.75. The first kappa shape index (κ1) is 15.8. The molecule has 0 unspecified atom stereocenters. The summed E-state index contributed by atoms with van der Waals surface area (Å²) in [5.74, 6) is 0.931. The second-order valence-electron chi connectivity index (χ2n) is 6.47. The molecule has 0 aliphatic carbocycles. The molecular formula is C21H23N3O. The molecule has 0 radical (unpaired) electrons. The van der Waals surface area contributed by atoms with Crippen molar-refractivity contribution in [1.29, 1.82) is 0 Å². The third-order valence-corrected chi connectivity index (χ3v) is 4.91. The Morgan fingerprint density at radius 2 is 2.00 bits per heavy atom. The van der Waals surface area contributed by atoms with E-state index in [1.165, 1.54) is 33.3 Å². The van der Waals surface area contributed by atoms with Gasteiger partial charge in [0.15, 0.2) is 0 Å². The van der Waals surface area contributed by atoms with E-state index < -0.39 is 0 Å². The van der Waals surface area contributed by atoms with Gasteiger partial charge >= 0.3 is 0 Å². The fourth-order valence-electron chi connectivity index (χ4n) is 3.69. The molecule has 2 heterocycles. The highest BCUT2D eigenvalue weighted by Crippen LogP contribution is 2.40. The molecule has 1 aromatic heterocycles. The van der Waals surface area contributed by atoms with E-state index >= 15 is 0 Å². The lowest BCUT2D eigenvalue weighted by molar-refractivity contribution is 0.415. The van der Waals surface area contributed by atoms with Crippen molar-refractivity contribution in [1.82, 2.24) is 9.88 Å². The maximum atomic E-state index is 5.73. The van der Waals surface area contributed by atoms with Crippen molar-refractivity contribution < 1.29 is 4.74 Å². The van der Waals surface area contributed by atoms with Crippen molar-refractivity contribution in [3.05, 3.63) is 53.7 Å². The van der Waals surface area contributed by atoms with Gasteiger partial charge in [-0.05, 0) is 31.0 Å². The Kier molecular flexibility index (Phi) is 4.18. The van der Waals surface area contributed by atoms with Gasteiger partial charge in [-0.15, -0.1) is 0 Å². The van der Waals surface area contributed by atoms with Gasteiger partial charge in [0.1, 0.15) is 5.75 Å². The number of ether oxygens (including phenoxy) is 1. The second kappa shape index (κ2) is 6.63. The van der Waals surface area contributed by atoms with Gasteiger partial charge in [0.25, 0.3) is 0 Å². The largest absolute Gasteiger partial charge is 0.496 e. The Morgan fingerprint density at radius 3 is 2.80 bits per heavy atom. The lowest BCUT2D eigenvalue weighted by atomic mass is 9.94. The lowest BCUT2D eigenvalue weighted by Gasteiger charge is -2.18. The summed E-state index contributed by atoms with van der Waals surface area (Å²) in [5.41, 5.74) is 6.11. The zero-order valence-corrected chi connectivity index (χ0v) is 14.7. The highest BCUT2D eigenvalue weighted by molar-refractivity contribution is 5.99. The van der Waals surface area contributed by atoms with Gasteiger partial charge in [0, 0.05) is 40.8 Å². The highest BCUT2D eigenvalue weighted by Gasteiger charge is 2.18. The van der Waals surface area contributed by atoms with Crippen LogP contribution in [0.2, 0.25) is 0 Å². The molecule has 1 aliphatic heterocycles. The fraction of sp³-hybridized carbons (Fsp3) is 0.286. The minimum absolute atomic E-state index is 0.909. The number of benzene rings is 2. The van der Waals surface area contributed by atoms with E-state index in [1.807, 2.05) is 6.34 Å². The minimum Gasteiger partial charge on any atom is -0.496 e. The van der Waals surface area contributed by atoms with Gasteiger partial charge in [0.2, 0.25) is 0 Å². The number of methoxy groups -OCH3 is 1. The van der Waals surface area contributed by atoms with Crippen LogP contribution >= 0.6 is 0 Å². The number of nitrogens with one attached hydrogen (secondary N) is 1. The van der Waals surface area contributed by atoms with E-state index in [-0.39, 0.29) is 0 Å². The number of H-pyrrole nitrogens is 1. The summed E-state index contributed by atoms with van der Waals surface area (Å²) < 4.78 is 5.73. The standard InChI is InChI=1S/C21H23N3O/c1-15-20(17-7-3-4-8-18(17)23-15)21-16(6-5-9-19(21)25-2)10-12-24-13-11-22-14-24/h3-9,14,23H,10-13H2,1-2H3. The number of rotatable bonds is 5. The molecule has 3 aromatic rings. The molecule has 4 rings (SSSR count). The molecule has 0 atom stereocenters. The van der Waals surface area contributed by atoms with E-state index in [1.54, 1.807) is 7.11 Å². The first-order chi connectivity index (χ1) is 12.3. The summed E-state index contributed by atoms with van der Waals surface area (Å²) >= 11 is 0. The van der Waals surface area contributed by atoms with Crippen LogP contribution < -0.4 is 4.74 Å². The molecule has 4 heteroatoms. The van der Waals surface area contributed by atoms with Crippen LogP contribution in [-0.4, -0.2) is 43.0 Å². The third-order valence-electron chi connectivity index (χ3n) is 4.91. The number of aromatic nitrogens is 1. The molecule has 0 bridgehead atoms. The summed E-state index contributed by atoms with van der Waals surface area (Å²) in [6, 6.07) is 14.8. The number of nitrogens with zero attached hydrogens (tertiary/aromatic N) is 2. The van der Waals surface area contributed by atoms with Crippen molar-refractivity contribution in [3.63, 3.8) is 0 Å². The van der Waals surface area contributed by atoms with Crippen LogP contribution in [-0.2, 0) is 6.42 Å². The van der Waals surface area contributed by atoms with Crippen molar-refractivity contribution in [2.24, 2.45) is 4.99 Å². The second-order valence-corrected chi connectivity index (χ2v) is 6.47. The molecule has 25 heavy (non-hydrogen) atoms. The van der Waals surface area contributed by atoms with Gasteiger partial charge in [-0.1, -0.05) is 30.3 Å². The minimum atomic E-state index is 0.909. The Balaban J connectivity index is 1.81. The number of aliphatic imine (C=N–C) groups is 1. The van der Waals surface area contributed by atoms with Crippen LogP contribution in [0.25, 0.3) is 22.0 Å². The van der Waals surface area contributed by atoms with E-state index in [0.29, 0.717) is 0 Å².